The second-order valence-corrected chi connectivity index (χ2v) is 6.14. The molecule has 4 heteroatoms. The van der Waals surface area contributed by atoms with E-state index < -0.39 is 0 Å². The summed E-state index contributed by atoms with van der Waals surface area (Å²) in [4.78, 5) is 2.93. The Hall–Kier alpha value is -0.580. The van der Waals surface area contributed by atoms with Crippen molar-refractivity contribution in [2.75, 3.05) is 26.4 Å². The van der Waals surface area contributed by atoms with Crippen molar-refractivity contribution in [3.05, 3.63) is 29.6 Å². The molecule has 1 aromatic rings. The van der Waals surface area contributed by atoms with Crippen molar-refractivity contribution < 1.29 is 4.39 Å². The molecular weight excluding hydrogens is 247 g/mol. The zero-order valence-corrected chi connectivity index (χ0v) is 11.9. The number of rotatable bonds is 7. The fourth-order valence-electron chi connectivity index (χ4n) is 1.73. The van der Waals surface area contributed by atoms with Gasteiger partial charge in [-0.2, -0.15) is 0 Å². The van der Waals surface area contributed by atoms with Gasteiger partial charge >= 0.3 is 0 Å². The molecule has 0 saturated heterocycles. The molecule has 0 spiro atoms. The van der Waals surface area contributed by atoms with Crippen LogP contribution in [0.2, 0.25) is 0 Å². The van der Waals surface area contributed by atoms with Gasteiger partial charge in [0.15, 0.2) is 0 Å². The van der Waals surface area contributed by atoms with E-state index in [1.54, 1.807) is 23.9 Å². The Morgan fingerprint density at radius 3 is 2.83 bits per heavy atom. The van der Waals surface area contributed by atoms with Crippen molar-refractivity contribution in [1.82, 2.24) is 10.2 Å². The summed E-state index contributed by atoms with van der Waals surface area (Å²) in [5.74, 6) is 0.832. The Labute approximate surface area is 113 Å². The fourth-order valence-corrected chi connectivity index (χ4v) is 2.92. The van der Waals surface area contributed by atoms with Crippen LogP contribution in [0.1, 0.15) is 18.4 Å². The van der Waals surface area contributed by atoms with Crippen molar-refractivity contribution in [3.63, 3.8) is 0 Å². The maximum atomic E-state index is 13.9. The lowest BCUT2D eigenvalue weighted by molar-refractivity contribution is 0.437. The molecule has 1 saturated carbocycles. The normalized spacial score (nSPS) is 15.3. The first-order valence-electron chi connectivity index (χ1n) is 6.45. The van der Waals surface area contributed by atoms with Crippen molar-refractivity contribution >= 4 is 11.8 Å². The smallest absolute Gasteiger partial charge is 0.137 e. The summed E-state index contributed by atoms with van der Waals surface area (Å²) >= 11 is 1.62. The molecule has 0 radical (unpaired) electrons. The average molecular weight is 268 g/mol. The molecular formula is C14H21FN2S. The van der Waals surface area contributed by atoms with Crippen molar-refractivity contribution in [1.29, 1.82) is 0 Å². The van der Waals surface area contributed by atoms with Crippen molar-refractivity contribution in [3.8, 4) is 0 Å². The SMILES string of the molecule is CN(C)CCSc1c(F)cccc1CNC1CC1. The third-order valence-corrected chi connectivity index (χ3v) is 4.12. The Kier molecular flexibility index (Phi) is 5.03. The monoisotopic (exact) mass is 268 g/mol. The van der Waals surface area contributed by atoms with Gasteiger partial charge in [-0.05, 0) is 38.6 Å². The molecule has 2 rings (SSSR count). The second kappa shape index (κ2) is 6.55. The zero-order chi connectivity index (χ0) is 13.0. The van der Waals surface area contributed by atoms with Crippen LogP contribution < -0.4 is 5.32 Å². The van der Waals surface area contributed by atoms with Crippen LogP contribution in [0.5, 0.6) is 0 Å². The minimum absolute atomic E-state index is 0.0890. The first kappa shape index (κ1) is 13.8. The van der Waals surface area contributed by atoms with Gasteiger partial charge in [0, 0.05) is 29.8 Å². The van der Waals surface area contributed by atoms with Gasteiger partial charge in [-0.25, -0.2) is 4.39 Å². The van der Waals surface area contributed by atoms with E-state index in [4.69, 9.17) is 0 Å². The molecule has 0 heterocycles. The van der Waals surface area contributed by atoms with E-state index in [2.05, 4.69) is 10.2 Å². The Morgan fingerprint density at radius 2 is 2.17 bits per heavy atom. The van der Waals surface area contributed by atoms with Crippen molar-refractivity contribution in [2.24, 2.45) is 0 Å². The zero-order valence-electron chi connectivity index (χ0n) is 11.1. The molecule has 1 aromatic carbocycles. The van der Waals surface area contributed by atoms with Crippen LogP contribution in [0.4, 0.5) is 4.39 Å². The van der Waals surface area contributed by atoms with Crippen LogP contribution in [0, 0.1) is 5.82 Å². The maximum absolute atomic E-state index is 13.9. The summed E-state index contributed by atoms with van der Waals surface area (Å²) in [5.41, 5.74) is 1.09. The van der Waals surface area contributed by atoms with E-state index in [-0.39, 0.29) is 5.82 Å². The van der Waals surface area contributed by atoms with Gasteiger partial charge in [-0.15, -0.1) is 11.8 Å². The molecule has 0 atom stereocenters. The Balaban J connectivity index is 1.95. The summed E-state index contributed by atoms with van der Waals surface area (Å²) < 4.78 is 13.9. The molecule has 0 unspecified atom stereocenters. The van der Waals surface area contributed by atoms with E-state index in [0.29, 0.717) is 6.04 Å². The quantitative estimate of drug-likeness (QED) is 0.766. The number of nitrogens with zero attached hydrogens (tertiary/aromatic N) is 1. The Morgan fingerprint density at radius 1 is 1.39 bits per heavy atom. The molecule has 1 fully saturated rings. The maximum Gasteiger partial charge on any atom is 0.137 e. The summed E-state index contributed by atoms with van der Waals surface area (Å²) in [7, 11) is 4.08. The summed E-state index contributed by atoms with van der Waals surface area (Å²) in [6, 6.07) is 6.04. The van der Waals surface area contributed by atoms with Crippen LogP contribution in [0.15, 0.2) is 23.1 Å². The highest BCUT2D eigenvalue weighted by atomic mass is 32.2. The molecule has 0 aromatic heterocycles. The standard InChI is InChI=1S/C14H21FN2S/c1-17(2)8-9-18-14-11(4-3-5-13(14)15)10-16-12-6-7-12/h3-5,12,16H,6-10H2,1-2H3. The largest absolute Gasteiger partial charge is 0.310 e. The number of benzene rings is 1. The van der Waals surface area contributed by atoms with Crippen LogP contribution in [0.3, 0.4) is 0 Å². The molecule has 0 bridgehead atoms. The van der Waals surface area contributed by atoms with Crippen LogP contribution >= 0.6 is 11.8 Å². The second-order valence-electron chi connectivity index (χ2n) is 5.03. The third kappa shape index (κ3) is 4.26. The highest BCUT2D eigenvalue weighted by Crippen LogP contribution is 2.27. The number of hydrogen-bond donors (Lipinski definition) is 1. The van der Waals surface area contributed by atoms with E-state index >= 15 is 0 Å². The van der Waals surface area contributed by atoms with Gasteiger partial charge in [-0.1, -0.05) is 12.1 Å². The fraction of sp³-hybridized carbons (Fsp3) is 0.571. The Bertz CT molecular complexity index is 391. The molecule has 0 amide bonds. The molecule has 100 valence electrons. The molecule has 1 aliphatic carbocycles. The lowest BCUT2D eigenvalue weighted by Crippen LogP contribution is -2.17. The predicted molar refractivity (Wildman–Crippen MR) is 75.5 cm³/mol. The van der Waals surface area contributed by atoms with E-state index in [0.717, 1.165) is 29.3 Å². The molecule has 1 aliphatic rings. The lowest BCUT2D eigenvalue weighted by atomic mass is 10.2. The number of halogens is 1. The lowest BCUT2D eigenvalue weighted by Gasteiger charge is -2.13. The van der Waals surface area contributed by atoms with E-state index in [1.165, 1.54) is 12.8 Å². The van der Waals surface area contributed by atoms with Crippen LogP contribution in [0.25, 0.3) is 0 Å². The highest BCUT2D eigenvalue weighted by Gasteiger charge is 2.20. The van der Waals surface area contributed by atoms with E-state index in [1.807, 2.05) is 20.2 Å². The summed E-state index contributed by atoms with van der Waals surface area (Å²) in [6.07, 6.45) is 2.52. The average Bonchev–Trinajstić information content (AvgIpc) is 3.12. The number of hydrogen-bond acceptors (Lipinski definition) is 3. The molecule has 2 nitrogen and oxygen atoms in total. The van der Waals surface area contributed by atoms with Crippen molar-refractivity contribution in [2.45, 2.75) is 30.3 Å². The number of nitrogens with one attached hydrogen (secondary N) is 1. The first-order valence-corrected chi connectivity index (χ1v) is 7.43. The minimum atomic E-state index is -0.0890. The third-order valence-electron chi connectivity index (χ3n) is 2.99. The van der Waals surface area contributed by atoms with Gasteiger partial charge in [0.2, 0.25) is 0 Å². The summed E-state index contributed by atoms with van der Waals surface area (Å²) in [5, 5.41) is 3.45. The molecule has 1 N–H and O–H groups in total. The molecule has 0 aliphatic heterocycles. The van der Waals surface area contributed by atoms with Gasteiger partial charge in [0.25, 0.3) is 0 Å². The molecule has 18 heavy (non-hydrogen) atoms. The van der Waals surface area contributed by atoms with Gasteiger partial charge in [0.1, 0.15) is 5.82 Å². The first-order chi connectivity index (χ1) is 8.66. The minimum Gasteiger partial charge on any atom is -0.310 e. The summed E-state index contributed by atoms with van der Waals surface area (Å²) in [6.45, 7) is 1.75. The van der Waals surface area contributed by atoms with E-state index in [9.17, 15) is 4.39 Å². The van der Waals surface area contributed by atoms with Crippen LogP contribution in [-0.2, 0) is 6.54 Å². The topological polar surface area (TPSA) is 15.3 Å². The van der Waals surface area contributed by atoms with Gasteiger partial charge in [-0.3, -0.25) is 0 Å². The van der Waals surface area contributed by atoms with Gasteiger partial charge < -0.3 is 10.2 Å². The number of thioether (sulfide) groups is 1. The predicted octanol–water partition coefficient (Wildman–Crippen LogP) is 2.73. The van der Waals surface area contributed by atoms with Crippen LogP contribution in [-0.4, -0.2) is 37.3 Å². The van der Waals surface area contributed by atoms with Gasteiger partial charge in [0.05, 0.1) is 0 Å². The highest BCUT2D eigenvalue weighted by molar-refractivity contribution is 7.99.